The molecule has 0 bridgehead atoms. The molecule has 0 amide bonds. The molecule has 1 aliphatic rings. The van der Waals surface area contributed by atoms with Gasteiger partial charge < -0.3 is 37.1 Å². The molecule has 132 valence electrons. The van der Waals surface area contributed by atoms with E-state index in [1.165, 1.54) is 10.8 Å². The molecule has 0 heterocycles. The Morgan fingerprint density at radius 3 is 1.91 bits per heavy atom. The SMILES string of the molecule is O=[PH]=O.[C-]1=CC=CC1.[CH3-].[CH3-].[CH3-].[CH3-].[CH3-].[Ti].c1ccc2[cH-]ccc2c1. The number of hydrogen-bond donors (Lipinski definition) is 0. The number of rotatable bonds is 0. The minimum absolute atomic E-state index is 0. The van der Waals surface area contributed by atoms with Crippen LogP contribution in [0, 0.1) is 43.2 Å². The molecule has 2 aromatic carbocycles. The van der Waals surface area contributed by atoms with Crippen LogP contribution in [-0.4, -0.2) is 0 Å². The maximum Gasteiger partial charge on any atom is 0.303 e. The first kappa shape index (κ1) is 37.9. The Balaban J connectivity index is -0.0000000464. The first-order valence-electron chi connectivity index (χ1n) is 5.20. The quantitative estimate of drug-likeness (QED) is 0.304. The van der Waals surface area contributed by atoms with Crippen LogP contribution < -0.4 is 0 Å². The van der Waals surface area contributed by atoms with E-state index >= 15 is 0 Å². The summed E-state index contributed by atoms with van der Waals surface area (Å²) in [4.78, 5) is 0. The summed E-state index contributed by atoms with van der Waals surface area (Å²) >= 11 is 0. The van der Waals surface area contributed by atoms with Crippen molar-refractivity contribution in [1.82, 2.24) is 0 Å². The van der Waals surface area contributed by atoms with Gasteiger partial charge in [-0.25, -0.2) is 21.3 Å². The standard InChI is InChI=1S/C9H7.C5H5.5CH3.HO2P.Ti/c1-2-5-9-7-3-6-8(9)4-1;1-2-4-5-3-1;;;;;;1-3-2;/h1-7H;1-3H,4H2;5*1H3;3H;/q7*-1;;. The largest absolute Gasteiger partial charge is 0.358 e. The molecular formula is C19H28O2PTi-7. The van der Waals surface area contributed by atoms with Gasteiger partial charge in [-0.05, 0) is 0 Å². The van der Waals surface area contributed by atoms with E-state index in [1.807, 2.05) is 12.2 Å². The number of benzene rings is 1. The minimum atomic E-state index is -1.42. The zero-order valence-electron chi connectivity index (χ0n) is 14.8. The van der Waals surface area contributed by atoms with Crippen molar-refractivity contribution in [2.75, 3.05) is 0 Å². The molecule has 4 heteroatoms. The van der Waals surface area contributed by atoms with E-state index in [9.17, 15) is 0 Å². The smallest absolute Gasteiger partial charge is 0.303 e. The second kappa shape index (κ2) is 25.9. The van der Waals surface area contributed by atoms with E-state index in [0.29, 0.717) is 0 Å². The van der Waals surface area contributed by atoms with Gasteiger partial charge in [0.15, 0.2) is 0 Å². The van der Waals surface area contributed by atoms with Crippen LogP contribution in [0.15, 0.2) is 60.7 Å². The molecule has 0 N–H and O–H groups in total. The summed E-state index contributed by atoms with van der Waals surface area (Å²) < 4.78 is 16.8. The molecule has 0 saturated heterocycles. The van der Waals surface area contributed by atoms with Crippen molar-refractivity contribution < 1.29 is 30.8 Å². The molecule has 2 aromatic rings. The van der Waals surface area contributed by atoms with Gasteiger partial charge in [-0.1, -0.05) is 6.07 Å². The van der Waals surface area contributed by atoms with Gasteiger partial charge in [-0.2, -0.15) is 23.6 Å². The molecule has 1 aliphatic carbocycles. The van der Waals surface area contributed by atoms with E-state index in [-0.39, 0.29) is 58.9 Å². The summed E-state index contributed by atoms with van der Waals surface area (Å²) in [5.41, 5.74) is 0. The Morgan fingerprint density at radius 2 is 1.52 bits per heavy atom. The summed E-state index contributed by atoms with van der Waals surface area (Å²) in [5.74, 6) is 0. The van der Waals surface area contributed by atoms with Crippen LogP contribution in [0.4, 0.5) is 0 Å². The second-order valence-corrected chi connectivity index (χ2v) is 3.41. The summed E-state index contributed by atoms with van der Waals surface area (Å²) in [5, 5.41) is 2.66. The van der Waals surface area contributed by atoms with Gasteiger partial charge in [0.2, 0.25) is 0 Å². The third-order valence-electron chi connectivity index (χ3n) is 2.13. The normalized spacial score (nSPS) is 8.35. The van der Waals surface area contributed by atoms with Gasteiger partial charge in [0.1, 0.15) is 0 Å². The van der Waals surface area contributed by atoms with Crippen molar-refractivity contribution in [3.63, 3.8) is 0 Å². The molecule has 2 nitrogen and oxygen atoms in total. The molecule has 0 atom stereocenters. The second-order valence-electron chi connectivity index (χ2n) is 3.24. The van der Waals surface area contributed by atoms with Crippen molar-refractivity contribution in [3.05, 3.63) is 104 Å². The van der Waals surface area contributed by atoms with Crippen LogP contribution in [0.5, 0.6) is 0 Å². The van der Waals surface area contributed by atoms with Crippen LogP contribution in [0.3, 0.4) is 0 Å². The number of fused-ring (bicyclic) bond motifs is 1. The van der Waals surface area contributed by atoms with Gasteiger partial charge in [0.25, 0.3) is 0 Å². The molecular weight excluding hydrogens is 339 g/mol. The molecule has 0 aromatic heterocycles. The Labute approximate surface area is 160 Å². The van der Waals surface area contributed by atoms with Crippen LogP contribution in [0.25, 0.3) is 10.8 Å². The average molecular weight is 367 g/mol. The third-order valence-corrected chi connectivity index (χ3v) is 2.13. The zero-order chi connectivity index (χ0) is 12.3. The molecule has 0 radical (unpaired) electrons. The predicted molar refractivity (Wildman–Crippen MR) is 103 cm³/mol. The molecule has 0 unspecified atom stereocenters. The van der Waals surface area contributed by atoms with Gasteiger partial charge in [-0.15, -0.1) is 36.1 Å². The van der Waals surface area contributed by atoms with Gasteiger partial charge >= 0.3 is 8.34 Å². The van der Waals surface area contributed by atoms with Crippen molar-refractivity contribution in [2.45, 2.75) is 6.42 Å². The monoisotopic (exact) mass is 367 g/mol. The van der Waals surface area contributed by atoms with Crippen LogP contribution in [0.1, 0.15) is 6.42 Å². The first-order valence-corrected chi connectivity index (χ1v) is 6.01. The summed E-state index contributed by atoms with van der Waals surface area (Å²) in [6.45, 7) is 0. The van der Waals surface area contributed by atoms with Gasteiger partial charge in [0, 0.05) is 21.7 Å². The average Bonchev–Trinajstić information content (AvgIpc) is 3.05. The Kier molecular flexibility index (Phi) is 42.6. The molecule has 0 aliphatic heterocycles. The molecule has 0 saturated carbocycles. The Hall–Kier alpha value is -1.08. The predicted octanol–water partition coefficient (Wildman–Crippen LogP) is 6.47. The Morgan fingerprint density at radius 1 is 0.957 bits per heavy atom. The van der Waals surface area contributed by atoms with E-state index < -0.39 is 8.34 Å². The molecule has 0 spiro atoms. The van der Waals surface area contributed by atoms with Crippen LogP contribution >= 0.6 is 8.34 Å². The maximum absolute atomic E-state index is 8.40. The van der Waals surface area contributed by atoms with E-state index in [2.05, 4.69) is 54.6 Å². The minimum Gasteiger partial charge on any atom is -0.358 e. The van der Waals surface area contributed by atoms with E-state index in [4.69, 9.17) is 9.13 Å². The third kappa shape index (κ3) is 17.1. The summed E-state index contributed by atoms with van der Waals surface area (Å²) in [7, 11) is -1.42. The van der Waals surface area contributed by atoms with Crippen LogP contribution in [-0.2, 0) is 30.8 Å². The van der Waals surface area contributed by atoms with Crippen LogP contribution in [0.2, 0.25) is 0 Å². The molecule has 0 fully saturated rings. The number of allylic oxidation sites excluding steroid dienone is 4. The zero-order valence-corrected chi connectivity index (χ0v) is 17.4. The van der Waals surface area contributed by atoms with E-state index in [1.54, 1.807) is 0 Å². The van der Waals surface area contributed by atoms with Crippen molar-refractivity contribution in [3.8, 4) is 0 Å². The topological polar surface area (TPSA) is 34.1 Å². The summed E-state index contributed by atoms with van der Waals surface area (Å²) in [6, 6.07) is 14.7. The van der Waals surface area contributed by atoms with E-state index in [0.717, 1.165) is 6.42 Å². The Bertz CT molecular complexity index is 499. The summed E-state index contributed by atoms with van der Waals surface area (Å²) in [6.07, 6.45) is 10.0. The van der Waals surface area contributed by atoms with Gasteiger partial charge in [0.05, 0.1) is 0 Å². The molecule has 3 rings (SSSR count). The fourth-order valence-corrected chi connectivity index (χ4v) is 1.41. The fourth-order valence-electron chi connectivity index (χ4n) is 1.41. The first-order chi connectivity index (χ1) is 8.38. The van der Waals surface area contributed by atoms with Crippen molar-refractivity contribution in [1.29, 1.82) is 0 Å². The number of hydrogen-bond acceptors (Lipinski definition) is 2. The fraction of sp³-hybridized carbons (Fsp3) is 0.0526. The van der Waals surface area contributed by atoms with Gasteiger partial charge in [-0.3, -0.25) is 6.08 Å². The van der Waals surface area contributed by atoms with Crippen molar-refractivity contribution >= 4 is 19.1 Å². The van der Waals surface area contributed by atoms with Crippen molar-refractivity contribution in [2.24, 2.45) is 0 Å². The molecule has 23 heavy (non-hydrogen) atoms. The maximum atomic E-state index is 8.40.